The zero-order valence-corrected chi connectivity index (χ0v) is 21.2. The van der Waals surface area contributed by atoms with Crippen molar-refractivity contribution in [2.24, 2.45) is 4.99 Å². The molecule has 1 saturated heterocycles. The fraction of sp³-hybridized carbons (Fsp3) is 0.348. The van der Waals surface area contributed by atoms with E-state index >= 15 is 4.39 Å². The van der Waals surface area contributed by atoms with Crippen molar-refractivity contribution in [3.8, 4) is 6.07 Å². The van der Waals surface area contributed by atoms with Crippen LogP contribution in [0, 0.1) is 17.1 Å². The number of hydrogen-bond acceptors (Lipinski definition) is 7. The number of aromatic nitrogens is 1. The molecule has 0 aliphatic carbocycles. The van der Waals surface area contributed by atoms with Gasteiger partial charge in [-0.25, -0.2) is 14.2 Å². The minimum atomic E-state index is -2.70. The molecule has 2 aliphatic heterocycles. The number of nitrogens with zero attached hydrogens (tertiary/aromatic N) is 3. The Labute approximate surface area is 213 Å². The maximum absolute atomic E-state index is 15.3. The van der Waals surface area contributed by atoms with Crippen molar-refractivity contribution in [1.29, 1.82) is 5.26 Å². The third kappa shape index (κ3) is 4.08. The van der Waals surface area contributed by atoms with E-state index in [-0.39, 0.29) is 33.4 Å². The predicted molar refractivity (Wildman–Crippen MR) is 135 cm³/mol. The first-order valence-corrected chi connectivity index (χ1v) is 12.9. The molecule has 3 atom stereocenters. The zero-order valence-electron chi connectivity index (χ0n) is 19.6. The molecule has 2 aliphatic rings. The van der Waals surface area contributed by atoms with Gasteiger partial charge in [-0.15, -0.1) is 0 Å². The lowest BCUT2D eigenvalue weighted by molar-refractivity contribution is 0.102. The van der Waals surface area contributed by atoms with Crippen molar-refractivity contribution < 1.29 is 23.6 Å². The highest BCUT2D eigenvalue weighted by atomic mass is 35.5. The van der Waals surface area contributed by atoms with Gasteiger partial charge in [0.2, 0.25) is 0 Å². The van der Waals surface area contributed by atoms with Crippen LogP contribution >= 0.6 is 22.1 Å². The van der Waals surface area contributed by atoms with Gasteiger partial charge in [-0.05, 0) is 51.5 Å². The molecular formula is C23H24ClFN6O4S. The second-order valence-corrected chi connectivity index (χ2v) is 12.7. The minimum Gasteiger partial charge on any atom is -0.465 e. The second-order valence-electron chi connectivity index (χ2n) is 9.16. The molecule has 5 N–H and O–H groups in total. The average molecular weight is 535 g/mol. The van der Waals surface area contributed by atoms with Gasteiger partial charge in [0.1, 0.15) is 29.0 Å². The number of amides is 2. The van der Waals surface area contributed by atoms with Crippen molar-refractivity contribution in [2.45, 2.75) is 42.7 Å². The third-order valence-electron chi connectivity index (χ3n) is 6.64. The Morgan fingerprint density at radius 3 is 2.67 bits per heavy atom. The molecule has 4 rings (SSSR count). The smallest absolute Gasteiger partial charge is 0.410 e. The van der Waals surface area contributed by atoms with E-state index in [0.717, 1.165) is 0 Å². The molecule has 36 heavy (non-hydrogen) atoms. The molecule has 2 aromatic rings. The molecule has 0 radical (unpaired) electrons. The van der Waals surface area contributed by atoms with Crippen LogP contribution in [0.2, 0.25) is 5.02 Å². The molecule has 1 fully saturated rings. The highest BCUT2D eigenvalue weighted by Gasteiger charge is 2.61. The molecule has 190 valence electrons. The van der Waals surface area contributed by atoms with Crippen molar-refractivity contribution in [3.05, 3.63) is 58.1 Å². The largest absolute Gasteiger partial charge is 0.465 e. The predicted octanol–water partition coefficient (Wildman–Crippen LogP) is 4.23. The molecule has 10 nitrogen and oxygen atoms in total. The van der Waals surface area contributed by atoms with Gasteiger partial charge in [-0.3, -0.25) is 19.8 Å². The van der Waals surface area contributed by atoms with Crippen LogP contribution in [0.3, 0.4) is 0 Å². The van der Waals surface area contributed by atoms with Crippen LogP contribution in [-0.2, 0) is 5.54 Å². The first-order valence-electron chi connectivity index (χ1n) is 10.9. The van der Waals surface area contributed by atoms with E-state index in [1.54, 1.807) is 20.8 Å². The number of halogens is 2. The number of hydrogen-bond donors (Lipinski definition) is 5. The summed E-state index contributed by atoms with van der Waals surface area (Å²) in [5, 5.41) is 22.7. The Bertz CT molecular complexity index is 1350. The summed E-state index contributed by atoms with van der Waals surface area (Å²) >= 11 is 6.09. The number of amidine groups is 1. The quantitative estimate of drug-likeness (QED) is 0.394. The molecule has 3 heterocycles. The SMILES string of the molecule is CC1(C)C(NC(=O)O)=N[C@](C)(c2cc(NC(=O)c3ncc(C#N)cc3Cl)ccc2F)[C@@H]2CCN[S@@]21O. The van der Waals surface area contributed by atoms with Crippen LogP contribution in [0.5, 0.6) is 0 Å². The van der Waals surface area contributed by atoms with Crippen molar-refractivity contribution >= 4 is 45.6 Å². The summed E-state index contributed by atoms with van der Waals surface area (Å²) in [7, 11) is -2.70. The van der Waals surface area contributed by atoms with Gasteiger partial charge in [-0.1, -0.05) is 22.1 Å². The fourth-order valence-corrected chi connectivity index (χ4v) is 8.36. The summed E-state index contributed by atoms with van der Waals surface area (Å²) in [5.74, 6) is -1.28. The second kappa shape index (κ2) is 9.01. The molecule has 0 bridgehead atoms. The molecule has 0 unspecified atom stereocenters. The maximum Gasteiger partial charge on any atom is 0.410 e. The fourth-order valence-electron chi connectivity index (χ4n) is 4.71. The average Bonchev–Trinajstić information content (AvgIpc) is 3.23. The molecule has 2 amide bonds. The van der Waals surface area contributed by atoms with Gasteiger partial charge < -0.3 is 15.0 Å². The van der Waals surface area contributed by atoms with Gasteiger partial charge in [-0.2, -0.15) is 5.26 Å². The number of rotatable bonds is 3. The number of fused-ring (bicyclic) bond motifs is 1. The summed E-state index contributed by atoms with van der Waals surface area (Å²) in [6.07, 6.45) is 0.345. The summed E-state index contributed by atoms with van der Waals surface area (Å²) < 4.78 is 29.2. The van der Waals surface area contributed by atoms with E-state index in [9.17, 15) is 19.2 Å². The van der Waals surface area contributed by atoms with Crippen LogP contribution in [0.4, 0.5) is 14.9 Å². The number of carboxylic acid groups (broad SMARTS) is 1. The van der Waals surface area contributed by atoms with Gasteiger partial charge in [0.15, 0.2) is 0 Å². The van der Waals surface area contributed by atoms with Crippen molar-refractivity contribution in [3.63, 3.8) is 0 Å². The Hall–Kier alpha value is -3.24. The Kier molecular flexibility index (Phi) is 6.47. The van der Waals surface area contributed by atoms with Crippen molar-refractivity contribution in [1.82, 2.24) is 15.0 Å². The molecular weight excluding hydrogens is 511 g/mol. The van der Waals surface area contributed by atoms with Crippen LogP contribution in [0.25, 0.3) is 0 Å². The highest BCUT2D eigenvalue weighted by Crippen LogP contribution is 2.67. The molecule has 1 aromatic carbocycles. The van der Waals surface area contributed by atoms with E-state index in [0.29, 0.717) is 13.0 Å². The minimum absolute atomic E-state index is 0.0167. The first-order chi connectivity index (χ1) is 16.8. The number of benzene rings is 1. The van der Waals surface area contributed by atoms with Gasteiger partial charge in [0, 0.05) is 24.0 Å². The topological polar surface area (TPSA) is 160 Å². The molecule has 0 saturated carbocycles. The number of pyridine rings is 1. The number of nitrogens with one attached hydrogen (secondary N) is 3. The summed E-state index contributed by atoms with van der Waals surface area (Å²) in [6.45, 7) is 5.49. The Morgan fingerprint density at radius 1 is 1.31 bits per heavy atom. The Morgan fingerprint density at radius 2 is 2.03 bits per heavy atom. The number of carbonyl (C=O) groups is 2. The lowest BCUT2D eigenvalue weighted by atomic mass is 9.85. The summed E-state index contributed by atoms with van der Waals surface area (Å²) in [4.78, 5) is 32.9. The van der Waals surface area contributed by atoms with E-state index in [1.807, 2.05) is 6.07 Å². The van der Waals surface area contributed by atoms with E-state index in [1.165, 1.54) is 30.5 Å². The number of nitriles is 1. The van der Waals surface area contributed by atoms with E-state index in [4.69, 9.17) is 16.9 Å². The van der Waals surface area contributed by atoms with Crippen LogP contribution in [-0.4, -0.2) is 49.0 Å². The maximum atomic E-state index is 15.3. The molecule has 1 aromatic heterocycles. The van der Waals surface area contributed by atoms with Crippen molar-refractivity contribution in [2.75, 3.05) is 11.9 Å². The first kappa shape index (κ1) is 25.8. The lowest BCUT2D eigenvalue weighted by Crippen LogP contribution is -2.59. The number of aliphatic imine (C=N–C) groups is 1. The normalized spacial score (nSPS) is 26.4. The third-order valence-corrected chi connectivity index (χ3v) is 10.8. The summed E-state index contributed by atoms with van der Waals surface area (Å²) in [5.41, 5.74) is -0.971. The van der Waals surface area contributed by atoms with Crippen LogP contribution in [0.15, 0.2) is 35.5 Å². The van der Waals surface area contributed by atoms with Crippen LogP contribution < -0.4 is 15.4 Å². The number of anilines is 1. The summed E-state index contributed by atoms with van der Waals surface area (Å²) in [6, 6.07) is 7.12. The van der Waals surface area contributed by atoms with Gasteiger partial charge in [0.05, 0.1) is 20.6 Å². The van der Waals surface area contributed by atoms with Gasteiger partial charge >= 0.3 is 6.09 Å². The van der Waals surface area contributed by atoms with Crippen LogP contribution in [0.1, 0.15) is 48.8 Å². The number of carbonyl (C=O) groups excluding carboxylic acids is 1. The Balaban J connectivity index is 1.77. The standard InChI is InChI=1S/C23H24ClFN6O4S/c1-22(2)20(30-21(33)34)31-23(3,17-6-7-28-36(17,22)35)14-9-13(4-5-16(14)25)29-19(32)18-15(24)8-12(10-26)11-27-18/h4-5,8-9,11,17,28,35H,6-7H2,1-3H3,(H,29,32)(H,30,31)(H,33,34)/t17-,23+/m0/s1. The molecule has 0 spiro atoms. The lowest BCUT2D eigenvalue weighted by Gasteiger charge is -2.56. The van der Waals surface area contributed by atoms with E-state index in [2.05, 4.69) is 25.3 Å². The highest BCUT2D eigenvalue weighted by molar-refractivity contribution is 8.29. The zero-order chi connectivity index (χ0) is 26.5. The molecule has 13 heteroatoms. The monoisotopic (exact) mass is 534 g/mol. The van der Waals surface area contributed by atoms with E-state index < -0.39 is 43.8 Å². The van der Waals surface area contributed by atoms with Gasteiger partial charge in [0.25, 0.3) is 5.91 Å².